The maximum absolute atomic E-state index is 16.8. The molecule has 67 heavy (non-hydrogen) atoms. The number of aliphatic hydroxyl groups is 1. The van der Waals surface area contributed by atoms with Gasteiger partial charge in [-0.25, -0.2) is 18.7 Å². The molecule has 0 saturated carbocycles. The van der Waals surface area contributed by atoms with Gasteiger partial charge in [0.2, 0.25) is 18.2 Å². The number of aliphatic hydroxyl groups excluding tert-OH is 1. The van der Waals surface area contributed by atoms with Crippen LogP contribution in [0.5, 0.6) is 5.75 Å². The number of nitrogens with one attached hydrogen (secondary N) is 3. The fourth-order valence-corrected chi connectivity index (χ4v) is 9.80. The Labute approximate surface area is 384 Å². The van der Waals surface area contributed by atoms with Gasteiger partial charge >= 0.3 is 6.61 Å². The van der Waals surface area contributed by atoms with Gasteiger partial charge in [0.25, 0.3) is 0 Å². The predicted octanol–water partition coefficient (Wildman–Crippen LogP) is 7.61. The van der Waals surface area contributed by atoms with Crippen LogP contribution in [0.4, 0.5) is 17.6 Å². The lowest BCUT2D eigenvalue weighted by Gasteiger charge is -2.35. The highest BCUT2D eigenvalue weighted by Gasteiger charge is 2.42. The van der Waals surface area contributed by atoms with Gasteiger partial charge in [-0.2, -0.15) is 8.78 Å². The number of aromatic nitrogens is 5. The van der Waals surface area contributed by atoms with E-state index in [0.29, 0.717) is 59.2 Å². The molecular formula is C48H55F4N9O6. The summed E-state index contributed by atoms with van der Waals surface area (Å²) < 4.78 is 76.9. The highest BCUT2D eigenvalue weighted by molar-refractivity contribution is 5.92. The summed E-state index contributed by atoms with van der Waals surface area (Å²) in [6.07, 6.45) is 6.53. The van der Waals surface area contributed by atoms with Crippen molar-refractivity contribution < 1.29 is 46.5 Å². The second kappa shape index (κ2) is 18.6. The molecule has 2 fully saturated rings. The molecule has 356 valence electrons. The lowest BCUT2D eigenvalue weighted by atomic mass is 9.95. The molecule has 3 aliphatic heterocycles. The molecule has 2 amide bonds. The monoisotopic (exact) mass is 929 g/mol. The number of hydrogen-bond acceptors (Lipinski definition) is 10. The molecule has 8 atom stereocenters. The van der Waals surface area contributed by atoms with Gasteiger partial charge in [-0.05, 0) is 73.6 Å². The van der Waals surface area contributed by atoms with Crippen LogP contribution in [0, 0.1) is 23.6 Å². The number of imidazole rings is 2. The van der Waals surface area contributed by atoms with Crippen molar-refractivity contribution in [1.82, 2.24) is 39.6 Å². The topological polar surface area (TPSA) is 189 Å². The van der Waals surface area contributed by atoms with Crippen molar-refractivity contribution in [1.29, 1.82) is 0 Å². The number of rotatable bonds is 14. The predicted molar refractivity (Wildman–Crippen MR) is 240 cm³/mol. The molecule has 3 aromatic heterocycles. The minimum absolute atomic E-state index is 0.0173. The first-order valence-electron chi connectivity index (χ1n) is 22.7. The molecule has 9 rings (SSSR count). The molecule has 0 spiro atoms. The van der Waals surface area contributed by atoms with E-state index in [1.165, 1.54) is 30.3 Å². The second-order valence-electron chi connectivity index (χ2n) is 18.4. The van der Waals surface area contributed by atoms with Crippen LogP contribution < -0.4 is 15.8 Å². The molecular weight excluding hydrogens is 875 g/mol. The summed E-state index contributed by atoms with van der Waals surface area (Å²) in [4.78, 5) is 46.2. The molecule has 5 aromatic rings. The van der Waals surface area contributed by atoms with Crippen LogP contribution in [0.1, 0.15) is 83.3 Å². The van der Waals surface area contributed by atoms with Gasteiger partial charge in [-0.1, -0.05) is 39.8 Å². The number of halogens is 4. The zero-order valence-corrected chi connectivity index (χ0v) is 37.8. The van der Waals surface area contributed by atoms with E-state index in [-0.39, 0.29) is 59.7 Å². The van der Waals surface area contributed by atoms with Crippen LogP contribution in [-0.2, 0) is 19.1 Å². The Hall–Kier alpha value is -6.02. The third-order valence-corrected chi connectivity index (χ3v) is 13.3. The minimum atomic E-state index is -3.04. The molecule has 2 aromatic carbocycles. The lowest BCUT2D eigenvalue weighted by Crippen LogP contribution is -2.52. The number of amides is 2. The summed E-state index contributed by atoms with van der Waals surface area (Å²) in [5, 5.41) is 13.7. The molecule has 8 unspecified atom stereocenters. The van der Waals surface area contributed by atoms with Crippen molar-refractivity contribution >= 4 is 22.7 Å². The number of nitrogens with two attached hydrogens (primary N) is 1. The SMILES string of the molecule is COC(O)NC(C(=O)N1CCCC1c1ncc(-c2ccc3c(c2)cc2n3C(C3C=C(OC(F)F)C=CC3)Oc3cc(-c4cnc(C5CC(F)CN5C(=O)C(N)C(C)C)[nH]4)cc(F)c3-2)[nH]1)C(C)C. The summed E-state index contributed by atoms with van der Waals surface area (Å²) >= 11 is 0. The molecule has 2 saturated heterocycles. The van der Waals surface area contributed by atoms with Crippen molar-refractivity contribution in [3.05, 3.63) is 90.2 Å². The quantitative estimate of drug-likeness (QED) is 0.0548. The van der Waals surface area contributed by atoms with E-state index in [2.05, 4.69) is 20.3 Å². The van der Waals surface area contributed by atoms with Gasteiger partial charge in [-0.3, -0.25) is 14.9 Å². The van der Waals surface area contributed by atoms with Crippen molar-refractivity contribution in [2.45, 2.75) is 103 Å². The summed E-state index contributed by atoms with van der Waals surface area (Å²) in [5.41, 5.74) is 9.84. The molecule has 6 heterocycles. The maximum Gasteiger partial charge on any atom is 0.387 e. The Morgan fingerprint density at radius 2 is 1.70 bits per heavy atom. The van der Waals surface area contributed by atoms with Gasteiger partial charge in [-0.15, -0.1) is 0 Å². The molecule has 15 nitrogen and oxygen atoms in total. The average Bonchev–Trinajstić information content (AvgIpc) is 4.16. The van der Waals surface area contributed by atoms with Crippen molar-refractivity contribution in [2.24, 2.45) is 23.5 Å². The third-order valence-electron chi connectivity index (χ3n) is 13.3. The summed E-state index contributed by atoms with van der Waals surface area (Å²) in [7, 11) is 1.35. The first-order valence-corrected chi connectivity index (χ1v) is 22.7. The van der Waals surface area contributed by atoms with Crippen molar-refractivity contribution in [3.8, 4) is 39.5 Å². The molecule has 6 N–H and O–H groups in total. The standard InChI is InChI=1S/C48H55F4N9O6/c1-23(2)40(53)44(62)60-22-29(49)19-37(60)43-55-21-33(57-43)27-16-31(50)39-36-17-28-14-25(11-12-34(28)61(36)46(67-38(39)18-27)26-8-6-9-30(15-26)66-47(51)52)32-20-54-42(56-32)35-10-7-13-59(35)45(63)41(24(3)4)58-48(64)65-5/h6,9,11-12,14-18,20-21,23-24,26,29,35,37,40-41,46-48,58,64H,7-8,10,13,19,22,53H2,1-5H3,(H,54,56)(H,55,57). The lowest BCUT2D eigenvalue weighted by molar-refractivity contribution is -0.145. The first kappa shape index (κ1) is 46.1. The van der Waals surface area contributed by atoms with Gasteiger partial charge in [0.05, 0.1) is 71.3 Å². The number of alkyl halides is 3. The Balaban J connectivity index is 1.06. The van der Waals surface area contributed by atoms with E-state index in [9.17, 15) is 27.9 Å². The van der Waals surface area contributed by atoms with Gasteiger partial charge in [0.15, 0.2) is 6.23 Å². The van der Waals surface area contributed by atoms with Gasteiger partial charge in [0, 0.05) is 42.5 Å². The Kier molecular flexibility index (Phi) is 12.8. The summed E-state index contributed by atoms with van der Waals surface area (Å²) in [6.45, 7) is 4.81. The number of benzene rings is 2. The molecule has 0 bridgehead atoms. The van der Waals surface area contributed by atoms with Gasteiger partial charge in [0.1, 0.15) is 35.1 Å². The number of carbonyl (C=O) groups is 2. The van der Waals surface area contributed by atoms with Crippen LogP contribution in [-0.4, -0.2) is 103 Å². The van der Waals surface area contributed by atoms with E-state index in [1.807, 2.05) is 56.5 Å². The number of aromatic amines is 2. The highest BCUT2D eigenvalue weighted by atomic mass is 19.3. The highest BCUT2D eigenvalue weighted by Crippen LogP contribution is 2.49. The largest absolute Gasteiger partial charge is 0.469 e. The molecule has 19 heteroatoms. The van der Waals surface area contributed by atoms with Crippen LogP contribution in [0.25, 0.3) is 44.7 Å². The van der Waals surface area contributed by atoms with Gasteiger partial charge < -0.3 is 49.4 Å². The number of allylic oxidation sites excluding steroid dienone is 2. The Bertz CT molecular complexity index is 2710. The number of H-pyrrole nitrogens is 2. The van der Waals surface area contributed by atoms with Crippen LogP contribution in [0.15, 0.2) is 72.8 Å². The number of hydrogen-bond donors (Lipinski definition) is 5. The zero-order chi connectivity index (χ0) is 47.4. The maximum atomic E-state index is 16.8. The number of methoxy groups -OCH3 is 1. The summed E-state index contributed by atoms with van der Waals surface area (Å²) in [6, 6.07) is 8.14. The minimum Gasteiger partial charge on any atom is -0.469 e. The normalized spacial score (nSPS) is 22.9. The Morgan fingerprint density at radius 1 is 0.970 bits per heavy atom. The smallest absolute Gasteiger partial charge is 0.387 e. The third kappa shape index (κ3) is 8.85. The number of nitrogens with zero attached hydrogens (tertiary/aromatic N) is 5. The first-order chi connectivity index (χ1) is 32.1. The molecule has 0 radical (unpaired) electrons. The molecule has 4 aliphatic rings. The molecule has 1 aliphatic carbocycles. The zero-order valence-electron chi connectivity index (χ0n) is 37.8. The van der Waals surface area contributed by atoms with E-state index < -0.39 is 55.3 Å². The van der Waals surface area contributed by atoms with Crippen molar-refractivity contribution in [3.63, 3.8) is 0 Å². The summed E-state index contributed by atoms with van der Waals surface area (Å²) in [5.74, 6) is -0.796. The number of fused-ring (bicyclic) bond motifs is 5. The van der Waals surface area contributed by atoms with Crippen LogP contribution in [0.3, 0.4) is 0 Å². The fourth-order valence-electron chi connectivity index (χ4n) is 9.80. The van der Waals surface area contributed by atoms with Crippen LogP contribution >= 0.6 is 0 Å². The number of ether oxygens (including phenoxy) is 3. The van der Waals surface area contributed by atoms with E-state index in [1.54, 1.807) is 29.3 Å². The average molecular weight is 930 g/mol. The number of carbonyl (C=O) groups excluding carboxylic acids is 2. The van der Waals surface area contributed by atoms with Crippen molar-refractivity contribution in [2.75, 3.05) is 20.2 Å². The van der Waals surface area contributed by atoms with E-state index in [4.69, 9.17) is 24.9 Å². The van der Waals surface area contributed by atoms with E-state index in [0.717, 1.165) is 17.4 Å². The number of likely N-dealkylation sites (tertiary alicyclic amines) is 2. The van der Waals surface area contributed by atoms with E-state index >= 15 is 4.39 Å². The Morgan fingerprint density at radius 3 is 2.40 bits per heavy atom. The fraction of sp³-hybridized carbons (Fsp3) is 0.458. The van der Waals surface area contributed by atoms with Crippen LogP contribution in [0.2, 0.25) is 0 Å². The second-order valence-corrected chi connectivity index (χ2v) is 18.4.